The molecule has 4 nitrogen and oxygen atoms in total. The number of hydrogen-bond donors (Lipinski definition) is 1. The number of carbonyl (C=O) groups is 1. The number of aromatic nitrogens is 1. The van der Waals surface area contributed by atoms with Crippen molar-refractivity contribution >= 4 is 11.8 Å². The van der Waals surface area contributed by atoms with Crippen LogP contribution in [0.15, 0.2) is 12.3 Å². The van der Waals surface area contributed by atoms with Gasteiger partial charge in [-0.25, -0.2) is 9.78 Å². The third-order valence-corrected chi connectivity index (χ3v) is 3.67. The number of aryl methyl sites for hydroxylation is 1. The van der Waals surface area contributed by atoms with Gasteiger partial charge in [0.25, 0.3) is 0 Å². The number of hydrogen-bond acceptors (Lipinski definition) is 3. The third kappa shape index (κ3) is 2.63. The second kappa shape index (κ2) is 5.38. The summed E-state index contributed by atoms with van der Waals surface area (Å²) in [5, 5.41) is 9.33. The first-order chi connectivity index (χ1) is 8.59. The Bertz CT molecular complexity index is 445. The van der Waals surface area contributed by atoms with Crippen molar-refractivity contribution in [1.29, 1.82) is 0 Å². The van der Waals surface area contributed by atoms with E-state index in [-0.39, 0.29) is 0 Å². The molecule has 1 saturated heterocycles. The van der Waals surface area contributed by atoms with Gasteiger partial charge in [-0.15, -0.1) is 0 Å². The molecule has 2 rings (SSSR count). The second-order valence-electron chi connectivity index (χ2n) is 5.15. The molecule has 1 aliphatic heterocycles. The Morgan fingerprint density at radius 3 is 2.94 bits per heavy atom. The van der Waals surface area contributed by atoms with Crippen molar-refractivity contribution in [2.24, 2.45) is 5.92 Å². The summed E-state index contributed by atoms with van der Waals surface area (Å²) >= 11 is 0. The lowest BCUT2D eigenvalue weighted by atomic mass is 10.0. The van der Waals surface area contributed by atoms with Gasteiger partial charge in [0.2, 0.25) is 0 Å². The first kappa shape index (κ1) is 12.9. The quantitative estimate of drug-likeness (QED) is 0.874. The largest absolute Gasteiger partial charge is 0.478 e. The van der Waals surface area contributed by atoms with E-state index in [0.717, 1.165) is 31.5 Å². The van der Waals surface area contributed by atoms with E-state index in [0.29, 0.717) is 17.3 Å². The maximum absolute atomic E-state index is 11.4. The molecule has 4 heteroatoms. The Morgan fingerprint density at radius 2 is 2.22 bits per heavy atom. The van der Waals surface area contributed by atoms with Crippen LogP contribution in [0.4, 0.5) is 5.82 Å². The fourth-order valence-electron chi connectivity index (χ4n) is 2.52. The summed E-state index contributed by atoms with van der Waals surface area (Å²) in [6, 6.07) is 1.76. The molecule has 0 radical (unpaired) electrons. The van der Waals surface area contributed by atoms with E-state index in [1.54, 1.807) is 12.3 Å². The molecule has 0 aromatic carbocycles. The zero-order valence-corrected chi connectivity index (χ0v) is 11.0. The summed E-state index contributed by atoms with van der Waals surface area (Å²) in [6.07, 6.45) is 5.13. The number of anilines is 1. The fraction of sp³-hybridized carbons (Fsp3) is 0.571. The summed E-state index contributed by atoms with van der Waals surface area (Å²) < 4.78 is 0. The molecule has 1 N–H and O–H groups in total. The van der Waals surface area contributed by atoms with Crippen molar-refractivity contribution in [2.75, 3.05) is 18.0 Å². The van der Waals surface area contributed by atoms with Crippen LogP contribution >= 0.6 is 0 Å². The molecule has 1 aliphatic rings. The lowest BCUT2D eigenvalue weighted by Gasteiger charge is -2.23. The Balaban J connectivity index is 2.32. The zero-order chi connectivity index (χ0) is 13.1. The van der Waals surface area contributed by atoms with Gasteiger partial charge in [-0.05, 0) is 43.7 Å². The van der Waals surface area contributed by atoms with Crippen molar-refractivity contribution < 1.29 is 9.90 Å². The van der Waals surface area contributed by atoms with E-state index in [4.69, 9.17) is 0 Å². The number of carboxylic acids is 1. The molecule has 1 unspecified atom stereocenters. The normalized spacial score (nSPS) is 20.6. The highest BCUT2D eigenvalue weighted by Gasteiger charge is 2.21. The van der Waals surface area contributed by atoms with Crippen molar-refractivity contribution in [3.05, 3.63) is 23.4 Å². The molecule has 1 fully saturated rings. The van der Waals surface area contributed by atoms with Gasteiger partial charge in [-0.1, -0.05) is 6.92 Å². The first-order valence-electron chi connectivity index (χ1n) is 6.53. The van der Waals surface area contributed by atoms with E-state index in [1.807, 2.05) is 6.92 Å². The van der Waals surface area contributed by atoms with Gasteiger partial charge in [-0.3, -0.25) is 0 Å². The highest BCUT2D eigenvalue weighted by atomic mass is 16.4. The van der Waals surface area contributed by atoms with Crippen LogP contribution in [0.5, 0.6) is 0 Å². The average Bonchev–Trinajstić information content (AvgIpc) is 2.53. The van der Waals surface area contributed by atoms with E-state index in [2.05, 4.69) is 16.8 Å². The van der Waals surface area contributed by atoms with Gasteiger partial charge in [0.15, 0.2) is 0 Å². The van der Waals surface area contributed by atoms with Gasteiger partial charge < -0.3 is 10.0 Å². The average molecular weight is 248 g/mol. The predicted molar refractivity (Wildman–Crippen MR) is 71.2 cm³/mol. The minimum absolute atomic E-state index is 0.354. The van der Waals surface area contributed by atoms with Crippen molar-refractivity contribution in [2.45, 2.75) is 33.1 Å². The zero-order valence-electron chi connectivity index (χ0n) is 11.0. The minimum atomic E-state index is -0.882. The molecule has 2 heterocycles. The molecule has 1 aromatic rings. The molecule has 18 heavy (non-hydrogen) atoms. The Hall–Kier alpha value is -1.58. The van der Waals surface area contributed by atoms with Crippen LogP contribution in [-0.2, 0) is 0 Å². The standard InChI is InChI=1S/C14H20N2O2/c1-10-4-3-8-16(9-6-10)13-12(14(17)18)11(2)5-7-15-13/h5,7,10H,3-4,6,8-9H2,1-2H3,(H,17,18). The van der Waals surface area contributed by atoms with Crippen molar-refractivity contribution in [3.8, 4) is 0 Å². The van der Waals surface area contributed by atoms with Crippen LogP contribution in [0.2, 0.25) is 0 Å². The molecule has 0 bridgehead atoms. The SMILES string of the molecule is Cc1ccnc(N2CCCC(C)CC2)c1C(=O)O. The van der Waals surface area contributed by atoms with Crippen molar-refractivity contribution in [3.63, 3.8) is 0 Å². The van der Waals surface area contributed by atoms with E-state index >= 15 is 0 Å². The minimum Gasteiger partial charge on any atom is -0.478 e. The van der Waals surface area contributed by atoms with Crippen LogP contribution in [0.25, 0.3) is 0 Å². The Labute approximate surface area is 108 Å². The fourth-order valence-corrected chi connectivity index (χ4v) is 2.52. The first-order valence-corrected chi connectivity index (χ1v) is 6.53. The number of pyridine rings is 1. The smallest absolute Gasteiger partial charge is 0.339 e. The summed E-state index contributed by atoms with van der Waals surface area (Å²) in [5.41, 5.74) is 1.14. The molecule has 0 aliphatic carbocycles. The predicted octanol–water partition coefficient (Wildman–Crippen LogP) is 2.71. The molecular formula is C14H20N2O2. The summed E-state index contributed by atoms with van der Waals surface area (Å²) in [7, 11) is 0. The number of nitrogens with zero attached hydrogens (tertiary/aromatic N) is 2. The second-order valence-corrected chi connectivity index (χ2v) is 5.15. The van der Waals surface area contributed by atoms with Crippen molar-refractivity contribution in [1.82, 2.24) is 4.98 Å². The van der Waals surface area contributed by atoms with E-state index in [1.165, 1.54) is 6.42 Å². The highest BCUT2D eigenvalue weighted by molar-refractivity contribution is 5.94. The summed E-state index contributed by atoms with van der Waals surface area (Å²) in [5.74, 6) is 0.470. The molecule has 0 amide bonds. The van der Waals surface area contributed by atoms with Gasteiger partial charge in [0.05, 0.1) is 0 Å². The van der Waals surface area contributed by atoms with Gasteiger partial charge >= 0.3 is 5.97 Å². The Kier molecular flexibility index (Phi) is 3.84. The van der Waals surface area contributed by atoms with Crippen LogP contribution in [-0.4, -0.2) is 29.1 Å². The van der Waals surface area contributed by atoms with Crippen LogP contribution in [0.1, 0.15) is 42.1 Å². The molecule has 0 spiro atoms. The molecule has 0 saturated carbocycles. The number of aromatic carboxylic acids is 1. The molecule has 1 aromatic heterocycles. The lowest BCUT2D eigenvalue weighted by molar-refractivity contribution is 0.0696. The topological polar surface area (TPSA) is 53.4 Å². The lowest BCUT2D eigenvalue weighted by Crippen LogP contribution is -2.27. The van der Waals surface area contributed by atoms with Gasteiger partial charge in [0.1, 0.15) is 11.4 Å². The van der Waals surface area contributed by atoms with Crippen LogP contribution in [0.3, 0.4) is 0 Å². The Morgan fingerprint density at radius 1 is 1.44 bits per heavy atom. The maximum atomic E-state index is 11.4. The summed E-state index contributed by atoms with van der Waals surface area (Å²) in [6.45, 7) is 5.89. The monoisotopic (exact) mass is 248 g/mol. The molecule has 1 atom stereocenters. The molecule has 98 valence electrons. The third-order valence-electron chi connectivity index (χ3n) is 3.67. The van der Waals surface area contributed by atoms with Gasteiger partial charge in [-0.2, -0.15) is 0 Å². The van der Waals surface area contributed by atoms with Crippen LogP contribution < -0.4 is 4.90 Å². The van der Waals surface area contributed by atoms with Crippen LogP contribution in [0, 0.1) is 12.8 Å². The number of rotatable bonds is 2. The van der Waals surface area contributed by atoms with E-state index < -0.39 is 5.97 Å². The van der Waals surface area contributed by atoms with Gasteiger partial charge in [0, 0.05) is 19.3 Å². The number of carboxylic acid groups (broad SMARTS) is 1. The maximum Gasteiger partial charge on any atom is 0.339 e. The summed E-state index contributed by atoms with van der Waals surface area (Å²) in [4.78, 5) is 17.8. The highest BCUT2D eigenvalue weighted by Crippen LogP contribution is 2.25. The van der Waals surface area contributed by atoms with E-state index in [9.17, 15) is 9.90 Å². The molecular weight excluding hydrogens is 228 g/mol.